The molecule has 1 aliphatic heterocycles. The molecule has 14 heavy (non-hydrogen) atoms. The van der Waals surface area contributed by atoms with Gasteiger partial charge < -0.3 is 0 Å². The van der Waals surface area contributed by atoms with E-state index in [-0.39, 0.29) is 12.0 Å². The molecule has 0 saturated carbocycles. The van der Waals surface area contributed by atoms with Crippen molar-refractivity contribution in [3.05, 3.63) is 23.8 Å². The van der Waals surface area contributed by atoms with E-state index in [4.69, 9.17) is 0 Å². The van der Waals surface area contributed by atoms with Crippen molar-refractivity contribution >= 4 is 6.21 Å². The molecule has 0 aromatic heterocycles. The summed E-state index contributed by atoms with van der Waals surface area (Å²) in [5.74, 6) is 0.164. The van der Waals surface area contributed by atoms with Crippen LogP contribution in [0.15, 0.2) is 28.8 Å². The summed E-state index contributed by atoms with van der Waals surface area (Å²) in [4.78, 5) is 3.85. The normalized spacial score (nSPS) is 28.2. The zero-order valence-corrected chi connectivity index (χ0v) is 8.05. The van der Waals surface area contributed by atoms with Crippen molar-refractivity contribution in [3.8, 4) is 0 Å². The third-order valence-electron chi connectivity index (χ3n) is 2.23. The highest BCUT2D eigenvalue weighted by Gasteiger charge is 2.32. The van der Waals surface area contributed by atoms with E-state index in [1.165, 1.54) is 6.08 Å². The van der Waals surface area contributed by atoms with E-state index in [0.717, 1.165) is 12.3 Å². The molecule has 4 heteroatoms. The summed E-state index contributed by atoms with van der Waals surface area (Å²) in [6, 6.07) is -0.114. The number of hydrogen-bond acceptors (Lipinski definition) is 1. The van der Waals surface area contributed by atoms with Crippen molar-refractivity contribution in [2.75, 3.05) is 0 Å². The number of alkyl halides is 3. The van der Waals surface area contributed by atoms with E-state index in [9.17, 15) is 13.2 Å². The van der Waals surface area contributed by atoms with Crippen molar-refractivity contribution in [1.82, 2.24) is 0 Å². The molecule has 0 aliphatic carbocycles. The van der Waals surface area contributed by atoms with Gasteiger partial charge in [0.2, 0.25) is 0 Å². The Kier molecular flexibility index (Phi) is 3.13. The predicted molar refractivity (Wildman–Crippen MR) is 50.4 cm³/mol. The third-order valence-corrected chi connectivity index (χ3v) is 2.23. The predicted octanol–water partition coefficient (Wildman–Crippen LogP) is 3.14. The molecule has 0 aromatic carbocycles. The first kappa shape index (κ1) is 11.0. The maximum atomic E-state index is 12.3. The lowest BCUT2D eigenvalue weighted by Crippen LogP contribution is -2.16. The molecule has 1 aliphatic rings. The average Bonchev–Trinajstić information content (AvgIpc) is 2.04. The van der Waals surface area contributed by atoms with Crippen LogP contribution in [0.1, 0.15) is 13.8 Å². The quantitative estimate of drug-likeness (QED) is 0.573. The van der Waals surface area contributed by atoms with E-state index >= 15 is 0 Å². The largest absolute Gasteiger partial charge is 0.417 e. The summed E-state index contributed by atoms with van der Waals surface area (Å²) in [7, 11) is 0. The van der Waals surface area contributed by atoms with Gasteiger partial charge in [-0.25, -0.2) is 0 Å². The summed E-state index contributed by atoms with van der Waals surface area (Å²) in [5, 5.41) is 0. The Balaban J connectivity index is 2.95. The molecule has 0 N–H and O–H groups in total. The Morgan fingerprint density at radius 2 is 1.93 bits per heavy atom. The maximum absolute atomic E-state index is 12.3. The molecule has 2 unspecified atom stereocenters. The van der Waals surface area contributed by atoms with Crippen LogP contribution in [-0.2, 0) is 0 Å². The van der Waals surface area contributed by atoms with Crippen molar-refractivity contribution in [2.45, 2.75) is 26.1 Å². The van der Waals surface area contributed by atoms with Crippen LogP contribution in [0.3, 0.4) is 0 Å². The van der Waals surface area contributed by atoms with Crippen molar-refractivity contribution < 1.29 is 13.2 Å². The van der Waals surface area contributed by atoms with Gasteiger partial charge in [0.05, 0.1) is 11.6 Å². The summed E-state index contributed by atoms with van der Waals surface area (Å²) < 4.78 is 36.9. The van der Waals surface area contributed by atoms with Gasteiger partial charge in [-0.15, -0.1) is 0 Å². The van der Waals surface area contributed by atoms with Crippen LogP contribution < -0.4 is 0 Å². The van der Waals surface area contributed by atoms with Gasteiger partial charge in [0.15, 0.2) is 0 Å². The molecule has 0 aromatic rings. The van der Waals surface area contributed by atoms with Gasteiger partial charge in [0.25, 0.3) is 0 Å². The molecule has 1 heterocycles. The van der Waals surface area contributed by atoms with E-state index in [1.54, 1.807) is 13.0 Å². The number of halogens is 3. The average molecular weight is 203 g/mol. The lowest BCUT2D eigenvalue weighted by Gasteiger charge is -2.14. The summed E-state index contributed by atoms with van der Waals surface area (Å²) in [6.45, 7) is 3.72. The van der Waals surface area contributed by atoms with Gasteiger partial charge in [-0.1, -0.05) is 19.1 Å². The van der Waals surface area contributed by atoms with Gasteiger partial charge in [0, 0.05) is 6.21 Å². The second-order valence-electron chi connectivity index (χ2n) is 3.38. The molecule has 0 fully saturated rings. The first-order chi connectivity index (χ1) is 6.41. The number of hydrogen-bond donors (Lipinski definition) is 0. The van der Waals surface area contributed by atoms with Crippen LogP contribution in [-0.4, -0.2) is 18.4 Å². The first-order valence-electron chi connectivity index (χ1n) is 4.40. The molecule has 1 nitrogen and oxygen atoms in total. The minimum absolute atomic E-state index is 0.114. The second-order valence-corrected chi connectivity index (χ2v) is 3.38. The molecule has 1 rings (SSSR count). The molecule has 0 saturated heterocycles. The Morgan fingerprint density at radius 3 is 2.50 bits per heavy atom. The molecular formula is C10H12F3N. The molecular weight excluding hydrogens is 191 g/mol. The molecule has 0 amide bonds. The Labute approximate surface area is 81.0 Å². The van der Waals surface area contributed by atoms with Gasteiger partial charge in [0.1, 0.15) is 0 Å². The van der Waals surface area contributed by atoms with Crippen molar-refractivity contribution in [2.24, 2.45) is 10.9 Å². The monoisotopic (exact) mass is 203 g/mol. The smallest absolute Gasteiger partial charge is 0.289 e. The van der Waals surface area contributed by atoms with Gasteiger partial charge in [-0.2, -0.15) is 13.2 Å². The highest BCUT2D eigenvalue weighted by Crippen LogP contribution is 2.25. The van der Waals surface area contributed by atoms with E-state index < -0.39 is 11.7 Å². The van der Waals surface area contributed by atoms with Crippen molar-refractivity contribution in [1.29, 1.82) is 0 Å². The third kappa shape index (κ3) is 2.72. The van der Waals surface area contributed by atoms with E-state index in [2.05, 4.69) is 4.99 Å². The Hall–Kier alpha value is -1.06. The fourth-order valence-corrected chi connectivity index (χ4v) is 1.04. The van der Waals surface area contributed by atoms with Crippen molar-refractivity contribution in [3.63, 3.8) is 0 Å². The zero-order chi connectivity index (χ0) is 10.8. The number of aliphatic imine (C=N–C) groups is 1. The lowest BCUT2D eigenvalue weighted by molar-refractivity contribution is -0.0856. The van der Waals surface area contributed by atoms with Crippen LogP contribution in [0.5, 0.6) is 0 Å². The van der Waals surface area contributed by atoms with E-state index in [0.29, 0.717) is 0 Å². The molecule has 0 bridgehead atoms. The standard InChI is InChI=1S/C10H12F3N/c1-7-4-3-5-9(10(11,12)13)6-14-8(7)2/h3-8H,1-2H3. The zero-order valence-electron chi connectivity index (χ0n) is 8.05. The molecule has 78 valence electrons. The van der Waals surface area contributed by atoms with E-state index in [1.807, 2.05) is 6.92 Å². The second kappa shape index (κ2) is 3.98. The van der Waals surface area contributed by atoms with Gasteiger partial charge in [-0.3, -0.25) is 4.99 Å². The Bertz CT molecular complexity index is 286. The highest BCUT2D eigenvalue weighted by molar-refractivity contribution is 5.81. The summed E-state index contributed by atoms with van der Waals surface area (Å²) in [5.41, 5.74) is -0.701. The minimum Gasteiger partial charge on any atom is -0.289 e. The van der Waals surface area contributed by atoms with Crippen LogP contribution in [0.2, 0.25) is 0 Å². The maximum Gasteiger partial charge on any atom is 0.417 e. The Morgan fingerprint density at radius 1 is 1.29 bits per heavy atom. The highest BCUT2D eigenvalue weighted by atomic mass is 19.4. The van der Waals surface area contributed by atoms with Crippen LogP contribution >= 0.6 is 0 Å². The lowest BCUT2D eigenvalue weighted by atomic mass is 10.0. The first-order valence-corrected chi connectivity index (χ1v) is 4.40. The number of nitrogens with zero attached hydrogens (tertiary/aromatic N) is 1. The minimum atomic E-state index is -4.31. The molecule has 0 spiro atoms. The SMILES string of the molecule is CC1C=CC=C(C(F)(F)F)C=NC1C. The fraction of sp³-hybridized carbons (Fsp3) is 0.500. The summed E-state index contributed by atoms with van der Waals surface area (Å²) >= 11 is 0. The number of allylic oxidation sites excluding steroid dienone is 3. The van der Waals surface area contributed by atoms with Gasteiger partial charge in [-0.05, 0) is 18.9 Å². The molecule has 2 atom stereocenters. The fourth-order valence-electron chi connectivity index (χ4n) is 1.04. The summed E-state index contributed by atoms with van der Waals surface area (Å²) in [6.07, 6.45) is 0.812. The number of rotatable bonds is 0. The topological polar surface area (TPSA) is 12.4 Å². The van der Waals surface area contributed by atoms with Crippen LogP contribution in [0.25, 0.3) is 0 Å². The van der Waals surface area contributed by atoms with Gasteiger partial charge >= 0.3 is 6.18 Å². The van der Waals surface area contributed by atoms with Crippen LogP contribution in [0, 0.1) is 5.92 Å². The molecule has 0 radical (unpaired) electrons. The van der Waals surface area contributed by atoms with Crippen LogP contribution in [0.4, 0.5) is 13.2 Å².